The van der Waals surface area contributed by atoms with Crippen molar-refractivity contribution in [3.63, 3.8) is 0 Å². The maximum Gasteiger partial charge on any atom is 0.230 e. The maximum atomic E-state index is 6.52. The molecule has 2 aromatic carbocycles. The van der Waals surface area contributed by atoms with Crippen molar-refractivity contribution in [1.82, 2.24) is 24.9 Å². The van der Waals surface area contributed by atoms with E-state index in [0.29, 0.717) is 46.5 Å². The molecule has 0 spiro atoms. The molecule has 4 heterocycles. The number of para-hydroxylation sites is 2. The molecule has 6 rings (SSSR count). The monoisotopic (exact) mass is 572 g/mol. The van der Waals surface area contributed by atoms with Crippen LogP contribution in [0, 0.1) is 0 Å². The van der Waals surface area contributed by atoms with E-state index in [9.17, 15) is 0 Å². The molecule has 1 fully saturated rings. The molecule has 0 radical (unpaired) electrons. The number of fused-ring (bicyclic) bond motifs is 1. The van der Waals surface area contributed by atoms with Crippen LogP contribution in [-0.4, -0.2) is 65.3 Å². The predicted octanol–water partition coefficient (Wildman–Crippen LogP) is 5.15. The minimum Gasteiger partial charge on any atom is -0.493 e. The second-order valence-electron chi connectivity index (χ2n) is 9.36. The van der Waals surface area contributed by atoms with Gasteiger partial charge in [0, 0.05) is 62.5 Å². The van der Waals surface area contributed by atoms with Gasteiger partial charge in [0.1, 0.15) is 11.6 Å². The Morgan fingerprint density at radius 3 is 2.34 bits per heavy atom. The molecule has 5 aromatic rings. The van der Waals surface area contributed by atoms with E-state index in [1.54, 1.807) is 32.4 Å². The number of piperazine rings is 1. The minimum absolute atomic E-state index is 0.341. The first-order valence-corrected chi connectivity index (χ1v) is 13.5. The Labute approximate surface area is 242 Å². The number of pyridine rings is 1. The number of benzene rings is 2. The molecule has 12 heteroatoms. The second kappa shape index (κ2) is 11.8. The Kier molecular flexibility index (Phi) is 7.59. The Morgan fingerprint density at radius 2 is 1.59 bits per heavy atom. The van der Waals surface area contributed by atoms with E-state index in [1.807, 2.05) is 48.8 Å². The molecular formula is C29H29ClN8O3. The fourth-order valence-corrected chi connectivity index (χ4v) is 4.90. The summed E-state index contributed by atoms with van der Waals surface area (Å²) in [7, 11) is 3.11. The fraction of sp³-hybridized carbons (Fsp3) is 0.241. The summed E-state index contributed by atoms with van der Waals surface area (Å²) in [5.74, 6) is 3.68. The quantitative estimate of drug-likeness (QED) is 0.246. The number of aromatic amines is 1. The number of ether oxygens (including phenoxy) is 3. The lowest BCUT2D eigenvalue weighted by Gasteiger charge is -2.36. The first kappa shape index (κ1) is 26.5. The van der Waals surface area contributed by atoms with Crippen molar-refractivity contribution in [3.05, 3.63) is 77.8 Å². The number of H-pyrrole nitrogens is 1. The predicted molar refractivity (Wildman–Crippen MR) is 159 cm³/mol. The Balaban J connectivity index is 1.26. The number of nitrogens with zero attached hydrogens (tertiary/aromatic N) is 6. The van der Waals surface area contributed by atoms with Crippen molar-refractivity contribution in [2.24, 2.45) is 0 Å². The lowest BCUT2D eigenvalue weighted by Crippen LogP contribution is -2.47. The van der Waals surface area contributed by atoms with Crippen molar-refractivity contribution < 1.29 is 14.2 Å². The minimum atomic E-state index is 0.341. The third kappa shape index (κ3) is 5.90. The summed E-state index contributed by atoms with van der Waals surface area (Å²) in [5, 5.41) is 3.74. The van der Waals surface area contributed by atoms with Crippen LogP contribution in [0.4, 0.5) is 17.5 Å². The van der Waals surface area contributed by atoms with E-state index in [4.69, 9.17) is 35.8 Å². The van der Waals surface area contributed by atoms with Gasteiger partial charge in [-0.3, -0.25) is 4.98 Å². The number of halogens is 1. The average Bonchev–Trinajstić information content (AvgIpc) is 3.44. The number of aromatic nitrogens is 5. The van der Waals surface area contributed by atoms with Crippen molar-refractivity contribution in [3.8, 4) is 23.1 Å². The van der Waals surface area contributed by atoms with E-state index in [1.165, 1.54) is 0 Å². The van der Waals surface area contributed by atoms with E-state index in [2.05, 4.69) is 30.1 Å². The highest BCUT2D eigenvalue weighted by Crippen LogP contribution is 2.39. The van der Waals surface area contributed by atoms with Crippen LogP contribution < -0.4 is 29.3 Å². The first-order valence-electron chi connectivity index (χ1n) is 13.2. The average molecular weight is 573 g/mol. The topological polar surface area (TPSA) is 114 Å². The van der Waals surface area contributed by atoms with Crippen LogP contribution >= 0.6 is 11.6 Å². The smallest absolute Gasteiger partial charge is 0.230 e. The molecule has 11 nitrogen and oxygen atoms in total. The van der Waals surface area contributed by atoms with E-state index >= 15 is 0 Å². The van der Waals surface area contributed by atoms with Crippen LogP contribution in [0.2, 0.25) is 5.02 Å². The molecule has 210 valence electrons. The standard InChI is InChI=1S/C29H29ClN8O3/c1-39-24-15-20(30)23(16-25(24)40-2)41-28-17-26(32-18-27-33-21-5-3-4-6-22(21)34-27)35-29(36-28)38-13-11-37(12-14-38)19-7-9-31-10-8-19/h3-10,15-17H,11-14,18H2,1-2H3,(H,33,34)(H,32,35,36). The van der Waals surface area contributed by atoms with E-state index in [-0.39, 0.29) is 0 Å². The van der Waals surface area contributed by atoms with Crippen molar-refractivity contribution in [1.29, 1.82) is 0 Å². The summed E-state index contributed by atoms with van der Waals surface area (Å²) in [6, 6.07) is 17.0. The Hall–Kier alpha value is -4.77. The number of methoxy groups -OCH3 is 2. The van der Waals surface area contributed by atoms with Crippen LogP contribution in [0.5, 0.6) is 23.1 Å². The molecule has 0 bridgehead atoms. The number of nitrogens with one attached hydrogen (secondary N) is 2. The van der Waals surface area contributed by atoms with Gasteiger partial charge >= 0.3 is 0 Å². The Bertz CT molecular complexity index is 1610. The third-order valence-corrected chi connectivity index (χ3v) is 7.10. The van der Waals surface area contributed by atoms with Crippen molar-refractivity contribution in [2.75, 3.05) is 55.5 Å². The van der Waals surface area contributed by atoms with Gasteiger partial charge in [0.15, 0.2) is 17.2 Å². The summed E-state index contributed by atoms with van der Waals surface area (Å²) >= 11 is 6.52. The Morgan fingerprint density at radius 1 is 0.854 bits per heavy atom. The molecule has 3 aromatic heterocycles. The van der Waals surface area contributed by atoms with Crippen LogP contribution in [0.25, 0.3) is 11.0 Å². The van der Waals surface area contributed by atoms with Gasteiger partial charge < -0.3 is 34.3 Å². The summed E-state index contributed by atoms with van der Waals surface area (Å²) in [6.07, 6.45) is 3.62. The summed E-state index contributed by atoms with van der Waals surface area (Å²) in [4.78, 5) is 26.2. The second-order valence-corrected chi connectivity index (χ2v) is 9.77. The van der Waals surface area contributed by atoms with Crippen molar-refractivity contribution in [2.45, 2.75) is 6.54 Å². The molecule has 2 N–H and O–H groups in total. The van der Waals surface area contributed by atoms with Gasteiger partial charge in [-0.1, -0.05) is 23.7 Å². The zero-order chi connectivity index (χ0) is 28.2. The fourth-order valence-electron chi connectivity index (χ4n) is 4.71. The van der Waals surface area contributed by atoms with Crippen LogP contribution in [0.3, 0.4) is 0 Å². The van der Waals surface area contributed by atoms with Crippen LogP contribution in [0.15, 0.2) is 67.0 Å². The summed E-state index contributed by atoms with van der Waals surface area (Å²) in [6.45, 7) is 3.57. The van der Waals surface area contributed by atoms with Gasteiger partial charge in [-0.05, 0) is 24.3 Å². The molecule has 0 atom stereocenters. The van der Waals surface area contributed by atoms with E-state index < -0.39 is 0 Å². The molecule has 1 saturated heterocycles. The van der Waals surface area contributed by atoms with Gasteiger partial charge in [-0.2, -0.15) is 9.97 Å². The van der Waals surface area contributed by atoms with Gasteiger partial charge in [-0.15, -0.1) is 0 Å². The van der Waals surface area contributed by atoms with Crippen molar-refractivity contribution >= 4 is 40.1 Å². The molecular weight excluding hydrogens is 544 g/mol. The molecule has 1 aliphatic heterocycles. The van der Waals surface area contributed by atoms with Gasteiger partial charge in [0.05, 0.1) is 36.8 Å². The largest absolute Gasteiger partial charge is 0.493 e. The lowest BCUT2D eigenvalue weighted by molar-refractivity contribution is 0.351. The molecule has 0 saturated carbocycles. The van der Waals surface area contributed by atoms with Gasteiger partial charge in [0.25, 0.3) is 0 Å². The molecule has 0 unspecified atom stereocenters. The molecule has 41 heavy (non-hydrogen) atoms. The maximum absolute atomic E-state index is 6.52. The summed E-state index contributed by atoms with van der Waals surface area (Å²) in [5.41, 5.74) is 3.03. The highest BCUT2D eigenvalue weighted by Gasteiger charge is 2.22. The molecule has 0 aliphatic carbocycles. The number of hydrogen-bond acceptors (Lipinski definition) is 10. The number of anilines is 3. The number of hydrogen-bond donors (Lipinski definition) is 2. The lowest BCUT2D eigenvalue weighted by atomic mass is 10.3. The van der Waals surface area contributed by atoms with Crippen LogP contribution in [0.1, 0.15) is 5.82 Å². The molecule has 1 aliphatic rings. The zero-order valence-electron chi connectivity index (χ0n) is 22.7. The molecule has 0 amide bonds. The normalized spacial score (nSPS) is 13.3. The zero-order valence-corrected chi connectivity index (χ0v) is 23.4. The van der Waals surface area contributed by atoms with Gasteiger partial charge in [-0.25, -0.2) is 4.98 Å². The van der Waals surface area contributed by atoms with E-state index in [0.717, 1.165) is 48.7 Å². The highest BCUT2D eigenvalue weighted by molar-refractivity contribution is 6.32. The summed E-state index contributed by atoms with van der Waals surface area (Å²) < 4.78 is 17.0. The first-order chi connectivity index (χ1) is 20.1. The van der Waals surface area contributed by atoms with Crippen LogP contribution in [-0.2, 0) is 6.54 Å². The number of imidazole rings is 1. The highest BCUT2D eigenvalue weighted by atomic mass is 35.5. The third-order valence-electron chi connectivity index (χ3n) is 6.81. The number of rotatable bonds is 9. The van der Waals surface area contributed by atoms with Gasteiger partial charge in [0.2, 0.25) is 11.8 Å². The SMILES string of the molecule is COc1cc(Cl)c(Oc2cc(NCc3nc4ccccc4[nH]3)nc(N3CCN(c4ccncc4)CC3)n2)cc1OC.